The maximum atomic E-state index is 5.48. The largest absolute Gasteiger partial charge is 0.377 e. The number of hydrogen-bond acceptors (Lipinski definition) is 4. The standard InChI is InChI=1S/C20H18N4O/c1-14(25-2)19-12-22-20(18-8-4-3-7-17(18)19)24-13-16(11-23-24)15-6-5-9-21-10-15/h3-14H,1-2H3. The number of nitrogens with zero attached hydrogens (tertiary/aromatic N) is 4. The molecule has 0 radical (unpaired) electrons. The first kappa shape index (κ1) is 15.5. The van der Waals surface area contributed by atoms with Crippen molar-refractivity contribution >= 4 is 10.8 Å². The van der Waals surface area contributed by atoms with Crippen molar-refractivity contribution in [1.82, 2.24) is 19.7 Å². The summed E-state index contributed by atoms with van der Waals surface area (Å²) in [6.45, 7) is 2.03. The lowest BCUT2D eigenvalue weighted by Gasteiger charge is -2.14. The third-order valence-electron chi connectivity index (χ3n) is 4.39. The molecule has 25 heavy (non-hydrogen) atoms. The Morgan fingerprint density at radius 2 is 1.80 bits per heavy atom. The Balaban J connectivity index is 1.84. The van der Waals surface area contributed by atoms with Crippen molar-refractivity contribution in [1.29, 1.82) is 0 Å². The van der Waals surface area contributed by atoms with Crippen molar-refractivity contribution in [2.45, 2.75) is 13.0 Å². The smallest absolute Gasteiger partial charge is 0.161 e. The summed E-state index contributed by atoms with van der Waals surface area (Å²) >= 11 is 0. The summed E-state index contributed by atoms with van der Waals surface area (Å²) in [7, 11) is 1.71. The molecule has 0 aliphatic rings. The molecule has 0 amide bonds. The van der Waals surface area contributed by atoms with Crippen molar-refractivity contribution in [3.63, 3.8) is 0 Å². The number of rotatable bonds is 4. The van der Waals surface area contributed by atoms with Crippen LogP contribution in [0.3, 0.4) is 0 Å². The summed E-state index contributed by atoms with van der Waals surface area (Å²) in [6.07, 6.45) is 9.26. The second kappa shape index (κ2) is 6.45. The Morgan fingerprint density at radius 1 is 0.960 bits per heavy atom. The fraction of sp³-hybridized carbons (Fsp3) is 0.150. The summed E-state index contributed by atoms with van der Waals surface area (Å²) in [5.74, 6) is 0.804. The Bertz CT molecular complexity index is 1010. The van der Waals surface area contributed by atoms with Gasteiger partial charge in [-0.05, 0) is 18.4 Å². The zero-order valence-corrected chi connectivity index (χ0v) is 14.1. The van der Waals surface area contributed by atoms with Crippen molar-refractivity contribution < 1.29 is 4.74 Å². The van der Waals surface area contributed by atoms with E-state index in [1.54, 1.807) is 13.3 Å². The predicted molar refractivity (Wildman–Crippen MR) is 97.5 cm³/mol. The van der Waals surface area contributed by atoms with E-state index in [2.05, 4.69) is 27.2 Å². The van der Waals surface area contributed by atoms with Crippen molar-refractivity contribution in [3.8, 4) is 16.9 Å². The lowest BCUT2D eigenvalue weighted by Crippen LogP contribution is -2.03. The van der Waals surface area contributed by atoms with Gasteiger partial charge < -0.3 is 4.74 Å². The Morgan fingerprint density at radius 3 is 2.56 bits per heavy atom. The van der Waals surface area contributed by atoms with E-state index in [0.29, 0.717) is 0 Å². The van der Waals surface area contributed by atoms with Crippen molar-refractivity contribution in [3.05, 3.63) is 72.9 Å². The topological polar surface area (TPSA) is 52.8 Å². The van der Waals surface area contributed by atoms with E-state index in [1.807, 2.05) is 60.7 Å². The van der Waals surface area contributed by atoms with E-state index >= 15 is 0 Å². The average Bonchev–Trinajstić information content (AvgIpc) is 3.17. The van der Waals surface area contributed by atoms with E-state index in [4.69, 9.17) is 4.74 Å². The van der Waals surface area contributed by atoms with E-state index in [9.17, 15) is 0 Å². The van der Waals surface area contributed by atoms with Crippen LogP contribution in [-0.2, 0) is 4.74 Å². The molecule has 5 heteroatoms. The van der Waals surface area contributed by atoms with Crippen LogP contribution < -0.4 is 0 Å². The SMILES string of the molecule is COC(C)c1cnc(-n2cc(-c3cccnc3)cn2)c2ccccc12. The first-order valence-corrected chi connectivity index (χ1v) is 8.14. The van der Waals surface area contributed by atoms with Gasteiger partial charge in [0.15, 0.2) is 5.82 Å². The fourth-order valence-electron chi connectivity index (χ4n) is 2.95. The minimum atomic E-state index is -0.0185. The molecule has 5 nitrogen and oxygen atoms in total. The minimum Gasteiger partial charge on any atom is -0.377 e. The maximum absolute atomic E-state index is 5.48. The molecular formula is C20H18N4O. The summed E-state index contributed by atoms with van der Waals surface area (Å²) in [4.78, 5) is 8.82. The van der Waals surface area contributed by atoms with Crippen LogP contribution in [0, 0.1) is 0 Å². The average molecular weight is 330 g/mol. The minimum absolute atomic E-state index is 0.0185. The lowest BCUT2D eigenvalue weighted by molar-refractivity contribution is 0.120. The summed E-state index contributed by atoms with van der Waals surface area (Å²) in [6, 6.07) is 12.1. The van der Waals surface area contributed by atoms with Gasteiger partial charge in [-0.25, -0.2) is 9.67 Å². The lowest BCUT2D eigenvalue weighted by atomic mass is 10.0. The number of methoxy groups -OCH3 is 1. The van der Waals surface area contributed by atoms with Gasteiger partial charge in [0.25, 0.3) is 0 Å². The quantitative estimate of drug-likeness (QED) is 0.563. The molecule has 0 saturated carbocycles. The van der Waals surface area contributed by atoms with Gasteiger partial charge in [-0.2, -0.15) is 5.10 Å². The molecule has 1 aromatic carbocycles. The summed E-state index contributed by atoms with van der Waals surface area (Å²) in [5, 5.41) is 6.67. The fourth-order valence-corrected chi connectivity index (χ4v) is 2.95. The third kappa shape index (κ3) is 2.79. The second-order valence-corrected chi connectivity index (χ2v) is 5.88. The zero-order valence-electron chi connectivity index (χ0n) is 14.1. The third-order valence-corrected chi connectivity index (χ3v) is 4.39. The Labute approximate surface area is 145 Å². The number of pyridine rings is 2. The number of fused-ring (bicyclic) bond motifs is 1. The molecule has 0 aliphatic carbocycles. The second-order valence-electron chi connectivity index (χ2n) is 5.88. The molecule has 1 unspecified atom stereocenters. The van der Waals surface area contributed by atoms with Gasteiger partial charge in [-0.3, -0.25) is 4.98 Å². The van der Waals surface area contributed by atoms with E-state index in [1.165, 1.54) is 0 Å². The molecule has 4 aromatic rings. The van der Waals surface area contributed by atoms with Crippen molar-refractivity contribution in [2.24, 2.45) is 0 Å². The van der Waals surface area contributed by atoms with Crippen LogP contribution in [0.1, 0.15) is 18.6 Å². The predicted octanol–water partition coefficient (Wildman–Crippen LogP) is 4.19. The van der Waals surface area contributed by atoms with Crippen LogP contribution in [0.5, 0.6) is 0 Å². The number of ether oxygens (including phenoxy) is 1. The molecule has 4 rings (SSSR count). The van der Waals surface area contributed by atoms with Gasteiger partial charge >= 0.3 is 0 Å². The van der Waals surface area contributed by atoms with Gasteiger partial charge in [0.2, 0.25) is 0 Å². The van der Waals surface area contributed by atoms with Crippen LogP contribution in [0.25, 0.3) is 27.7 Å². The molecule has 0 aliphatic heterocycles. The number of aromatic nitrogens is 4. The molecule has 124 valence electrons. The Kier molecular flexibility index (Phi) is 3.99. The van der Waals surface area contributed by atoms with E-state index in [-0.39, 0.29) is 6.10 Å². The molecule has 0 saturated heterocycles. The normalized spacial score (nSPS) is 12.4. The molecule has 0 fully saturated rings. The van der Waals surface area contributed by atoms with Gasteiger partial charge in [0.1, 0.15) is 0 Å². The van der Waals surface area contributed by atoms with Gasteiger partial charge in [-0.15, -0.1) is 0 Å². The molecule has 0 N–H and O–H groups in total. The highest BCUT2D eigenvalue weighted by Crippen LogP contribution is 2.29. The molecular weight excluding hydrogens is 312 g/mol. The van der Waals surface area contributed by atoms with Gasteiger partial charge in [0.05, 0.1) is 12.3 Å². The van der Waals surface area contributed by atoms with Gasteiger partial charge in [0, 0.05) is 54.0 Å². The molecule has 0 bridgehead atoms. The van der Waals surface area contributed by atoms with Crippen molar-refractivity contribution in [2.75, 3.05) is 7.11 Å². The number of hydrogen-bond donors (Lipinski definition) is 0. The van der Waals surface area contributed by atoms with Crippen LogP contribution in [0.2, 0.25) is 0 Å². The zero-order chi connectivity index (χ0) is 17.2. The van der Waals surface area contributed by atoms with Gasteiger partial charge in [-0.1, -0.05) is 30.3 Å². The summed E-state index contributed by atoms with van der Waals surface area (Å²) < 4.78 is 7.29. The highest BCUT2D eigenvalue weighted by Gasteiger charge is 2.14. The summed E-state index contributed by atoms with van der Waals surface area (Å²) in [5.41, 5.74) is 3.11. The van der Waals surface area contributed by atoms with Crippen LogP contribution in [0.4, 0.5) is 0 Å². The maximum Gasteiger partial charge on any atom is 0.161 e. The van der Waals surface area contributed by atoms with Crippen LogP contribution >= 0.6 is 0 Å². The van der Waals surface area contributed by atoms with Crippen LogP contribution in [-0.4, -0.2) is 26.9 Å². The monoisotopic (exact) mass is 330 g/mol. The molecule has 0 spiro atoms. The first-order valence-electron chi connectivity index (χ1n) is 8.14. The van der Waals surface area contributed by atoms with E-state index in [0.717, 1.165) is 33.3 Å². The molecule has 1 atom stereocenters. The highest BCUT2D eigenvalue weighted by molar-refractivity contribution is 5.91. The Hall–Kier alpha value is -3.05. The highest BCUT2D eigenvalue weighted by atomic mass is 16.5. The molecule has 3 aromatic heterocycles. The number of benzene rings is 1. The first-order chi connectivity index (χ1) is 12.3. The van der Waals surface area contributed by atoms with Crippen LogP contribution in [0.15, 0.2) is 67.4 Å². The molecule has 3 heterocycles. The van der Waals surface area contributed by atoms with E-state index < -0.39 is 0 Å².